The Labute approximate surface area is 108 Å². The highest BCUT2D eigenvalue weighted by atomic mass is 16.7. The Morgan fingerprint density at radius 1 is 1.11 bits per heavy atom. The van der Waals surface area contributed by atoms with Crippen molar-refractivity contribution in [3.63, 3.8) is 0 Å². The van der Waals surface area contributed by atoms with Crippen LogP contribution in [0.25, 0.3) is 0 Å². The molecule has 0 atom stereocenters. The first-order valence-corrected chi connectivity index (χ1v) is 6.11. The average Bonchev–Trinajstić information content (AvgIpc) is 2.24. The summed E-state index contributed by atoms with van der Waals surface area (Å²) in [7, 11) is 0. The van der Waals surface area contributed by atoms with Crippen LogP contribution in [0.5, 0.6) is 0 Å². The van der Waals surface area contributed by atoms with Crippen molar-refractivity contribution < 1.29 is 19.1 Å². The molecule has 1 saturated heterocycles. The van der Waals surface area contributed by atoms with Crippen LogP contribution >= 0.6 is 0 Å². The summed E-state index contributed by atoms with van der Waals surface area (Å²) in [6.07, 6.45) is 6.60. The molecule has 1 aliphatic heterocycles. The lowest BCUT2D eigenvalue weighted by atomic mass is 9.80. The van der Waals surface area contributed by atoms with Crippen molar-refractivity contribution in [2.24, 2.45) is 5.41 Å². The van der Waals surface area contributed by atoms with E-state index in [-0.39, 0.29) is 12.8 Å². The number of allylic oxidation sites excluding steroid dienone is 3. The summed E-state index contributed by atoms with van der Waals surface area (Å²) in [4.78, 5) is 24.2. The lowest BCUT2D eigenvalue weighted by molar-refractivity contribution is -0.250. The van der Waals surface area contributed by atoms with E-state index < -0.39 is 23.1 Å². The van der Waals surface area contributed by atoms with E-state index in [1.165, 1.54) is 0 Å². The second-order valence-electron chi connectivity index (χ2n) is 4.84. The zero-order chi connectivity index (χ0) is 13.8. The smallest absolute Gasteiger partial charge is 0.327 e. The number of hydrogen-bond acceptors (Lipinski definition) is 4. The Morgan fingerprint density at radius 2 is 1.67 bits per heavy atom. The molecular weight excluding hydrogens is 232 g/mol. The van der Waals surface area contributed by atoms with E-state index in [0.29, 0.717) is 0 Å². The second kappa shape index (κ2) is 5.38. The first-order valence-electron chi connectivity index (χ1n) is 6.11. The second-order valence-corrected chi connectivity index (χ2v) is 4.84. The van der Waals surface area contributed by atoms with Gasteiger partial charge in [-0.05, 0) is 19.3 Å². The summed E-state index contributed by atoms with van der Waals surface area (Å²) in [5.74, 6) is -2.26. The molecule has 0 aromatic rings. The molecule has 100 valence electrons. The van der Waals surface area contributed by atoms with Crippen LogP contribution in [0.1, 0.15) is 40.0 Å². The monoisotopic (exact) mass is 252 g/mol. The molecule has 0 amide bonds. The molecule has 1 aliphatic rings. The van der Waals surface area contributed by atoms with E-state index in [4.69, 9.17) is 9.47 Å². The molecule has 0 aliphatic carbocycles. The number of rotatable bonds is 5. The summed E-state index contributed by atoms with van der Waals surface area (Å²) < 4.78 is 10.4. The van der Waals surface area contributed by atoms with Gasteiger partial charge in [-0.1, -0.05) is 25.2 Å². The molecule has 4 heteroatoms. The van der Waals surface area contributed by atoms with Crippen LogP contribution in [0.3, 0.4) is 0 Å². The van der Waals surface area contributed by atoms with E-state index in [2.05, 4.69) is 6.58 Å². The van der Waals surface area contributed by atoms with Crippen LogP contribution in [0.4, 0.5) is 0 Å². The van der Waals surface area contributed by atoms with Gasteiger partial charge in [-0.25, -0.2) is 0 Å². The van der Waals surface area contributed by atoms with Crippen LogP contribution in [0, 0.1) is 5.41 Å². The Morgan fingerprint density at radius 3 is 2.11 bits per heavy atom. The van der Waals surface area contributed by atoms with Gasteiger partial charge in [0.15, 0.2) is 5.41 Å². The van der Waals surface area contributed by atoms with Gasteiger partial charge in [-0.15, -0.1) is 6.58 Å². The summed E-state index contributed by atoms with van der Waals surface area (Å²) in [5.41, 5.74) is -1.27. The third kappa shape index (κ3) is 2.81. The predicted molar refractivity (Wildman–Crippen MR) is 67.6 cm³/mol. The van der Waals surface area contributed by atoms with Gasteiger partial charge in [0.05, 0.1) is 0 Å². The molecule has 0 aromatic carbocycles. The first-order chi connectivity index (χ1) is 8.38. The summed E-state index contributed by atoms with van der Waals surface area (Å²) >= 11 is 0. The average molecular weight is 252 g/mol. The van der Waals surface area contributed by atoms with Gasteiger partial charge in [0, 0.05) is 13.8 Å². The Kier molecular flexibility index (Phi) is 4.33. The number of ether oxygens (including phenoxy) is 2. The van der Waals surface area contributed by atoms with Gasteiger partial charge in [0.2, 0.25) is 0 Å². The fourth-order valence-corrected chi connectivity index (χ4v) is 1.86. The Bertz CT molecular complexity index is 359. The minimum Gasteiger partial charge on any atom is -0.422 e. The van der Waals surface area contributed by atoms with E-state index in [9.17, 15) is 9.59 Å². The minimum atomic E-state index is -1.27. The highest BCUT2D eigenvalue weighted by Gasteiger charge is 2.54. The molecule has 4 nitrogen and oxygen atoms in total. The Hall–Kier alpha value is -1.58. The third-order valence-electron chi connectivity index (χ3n) is 2.82. The first kappa shape index (κ1) is 14.5. The maximum Gasteiger partial charge on any atom is 0.327 e. The molecule has 1 heterocycles. The SMILES string of the molecule is C=CCC1(C/C=C/CC)C(=O)OC(C)(C)OC1=O. The van der Waals surface area contributed by atoms with Crippen molar-refractivity contribution in [2.45, 2.75) is 45.8 Å². The lowest BCUT2D eigenvalue weighted by Crippen LogP contribution is -2.53. The number of hydrogen-bond donors (Lipinski definition) is 0. The molecule has 0 bridgehead atoms. The highest BCUT2D eigenvalue weighted by molar-refractivity contribution is 6.02. The summed E-state index contributed by atoms with van der Waals surface area (Å²) in [6.45, 7) is 8.67. The van der Waals surface area contributed by atoms with E-state index in [1.54, 1.807) is 19.9 Å². The van der Waals surface area contributed by atoms with E-state index in [1.807, 2.05) is 19.1 Å². The third-order valence-corrected chi connectivity index (χ3v) is 2.82. The van der Waals surface area contributed by atoms with Crippen LogP contribution in [-0.4, -0.2) is 17.7 Å². The number of carbonyl (C=O) groups excluding carboxylic acids is 2. The zero-order valence-corrected chi connectivity index (χ0v) is 11.2. The molecule has 0 radical (unpaired) electrons. The van der Waals surface area contributed by atoms with Crippen molar-refractivity contribution >= 4 is 11.9 Å². The van der Waals surface area contributed by atoms with Crippen LogP contribution in [0.2, 0.25) is 0 Å². The molecule has 1 fully saturated rings. The fraction of sp³-hybridized carbons (Fsp3) is 0.571. The van der Waals surface area contributed by atoms with E-state index in [0.717, 1.165) is 6.42 Å². The number of carbonyl (C=O) groups is 2. The van der Waals surface area contributed by atoms with Crippen molar-refractivity contribution in [2.75, 3.05) is 0 Å². The lowest BCUT2D eigenvalue weighted by Gasteiger charge is -2.39. The molecule has 1 rings (SSSR count). The van der Waals surface area contributed by atoms with Gasteiger partial charge in [0.25, 0.3) is 5.79 Å². The van der Waals surface area contributed by atoms with Gasteiger partial charge >= 0.3 is 11.9 Å². The molecule has 18 heavy (non-hydrogen) atoms. The van der Waals surface area contributed by atoms with Crippen molar-refractivity contribution in [1.82, 2.24) is 0 Å². The standard InChI is InChI=1S/C14H20O4/c1-5-7-8-10-14(9-6-2)11(15)17-13(3,4)18-12(14)16/h6-8H,2,5,9-10H2,1,3-4H3/b8-7+. The molecule has 0 spiro atoms. The molecule has 0 unspecified atom stereocenters. The van der Waals surface area contributed by atoms with Crippen molar-refractivity contribution in [1.29, 1.82) is 0 Å². The maximum absolute atomic E-state index is 12.1. The normalized spacial score (nSPS) is 21.5. The van der Waals surface area contributed by atoms with Crippen LogP contribution in [0.15, 0.2) is 24.8 Å². The number of cyclic esters (lactones) is 2. The van der Waals surface area contributed by atoms with Crippen LogP contribution < -0.4 is 0 Å². The zero-order valence-electron chi connectivity index (χ0n) is 11.2. The minimum absolute atomic E-state index is 0.217. The molecule has 0 aromatic heterocycles. The van der Waals surface area contributed by atoms with E-state index >= 15 is 0 Å². The molecule has 0 N–H and O–H groups in total. The highest BCUT2D eigenvalue weighted by Crippen LogP contribution is 2.38. The molecule has 0 saturated carbocycles. The maximum atomic E-state index is 12.1. The van der Waals surface area contributed by atoms with Gasteiger partial charge in [-0.2, -0.15) is 0 Å². The number of esters is 2. The largest absolute Gasteiger partial charge is 0.422 e. The molecular formula is C14H20O4. The Balaban J connectivity index is 3.02. The summed E-state index contributed by atoms with van der Waals surface area (Å²) in [5, 5.41) is 0. The fourth-order valence-electron chi connectivity index (χ4n) is 1.86. The van der Waals surface area contributed by atoms with Crippen molar-refractivity contribution in [3.05, 3.63) is 24.8 Å². The van der Waals surface area contributed by atoms with Gasteiger partial charge in [0.1, 0.15) is 0 Å². The van der Waals surface area contributed by atoms with Gasteiger partial charge < -0.3 is 9.47 Å². The van der Waals surface area contributed by atoms with Crippen molar-refractivity contribution in [3.8, 4) is 0 Å². The van der Waals surface area contributed by atoms with Gasteiger partial charge in [-0.3, -0.25) is 9.59 Å². The predicted octanol–water partition coefficient (Wildman–Crippen LogP) is 2.74. The van der Waals surface area contributed by atoms with Crippen LogP contribution in [-0.2, 0) is 19.1 Å². The quantitative estimate of drug-likeness (QED) is 0.429. The summed E-state index contributed by atoms with van der Waals surface area (Å²) in [6, 6.07) is 0. The topological polar surface area (TPSA) is 52.6 Å².